The fraction of sp³-hybridized carbons (Fsp3) is 0.200. The second-order valence-electron chi connectivity index (χ2n) is 3.63. The van der Waals surface area contributed by atoms with Gasteiger partial charge in [-0.25, -0.2) is 15.0 Å². The Morgan fingerprint density at radius 3 is 3.11 bits per heavy atom. The van der Waals surface area contributed by atoms with Gasteiger partial charge in [0.05, 0.1) is 12.9 Å². The van der Waals surface area contributed by atoms with Gasteiger partial charge in [-0.2, -0.15) is 5.10 Å². The highest BCUT2D eigenvalue weighted by atomic mass is 32.2. The van der Waals surface area contributed by atoms with Crippen molar-refractivity contribution in [2.24, 2.45) is 0 Å². The van der Waals surface area contributed by atoms with E-state index in [1.165, 1.54) is 6.33 Å². The lowest BCUT2D eigenvalue weighted by Crippen LogP contribution is -2.02. The van der Waals surface area contributed by atoms with Crippen LogP contribution in [0.5, 0.6) is 0 Å². The minimum absolute atomic E-state index is 0.540. The maximum absolute atomic E-state index is 5.55. The Kier molecular flexibility index (Phi) is 2.85. The van der Waals surface area contributed by atoms with Crippen LogP contribution in [0.3, 0.4) is 0 Å². The Morgan fingerprint density at radius 2 is 2.28 bits per heavy atom. The van der Waals surface area contributed by atoms with Crippen LogP contribution in [0.2, 0.25) is 0 Å². The average Bonchev–Trinajstić information content (AvgIpc) is 2.98. The molecule has 7 nitrogen and oxygen atoms in total. The number of nitrogens with zero attached hydrogens (tertiary/aromatic N) is 5. The Hall–Kier alpha value is -2.09. The minimum Gasteiger partial charge on any atom is -0.382 e. The van der Waals surface area contributed by atoms with Crippen molar-refractivity contribution in [1.82, 2.24) is 29.7 Å². The van der Waals surface area contributed by atoms with E-state index < -0.39 is 0 Å². The molecule has 0 unspecified atom stereocenters. The Balaban J connectivity index is 1.68. The SMILES string of the molecule is Nc1ccn(CCSc2ncnc3nc[nH]c23)n1. The zero-order valence-electron chi connectivity index (χ0n) is 9.45. The summed E-state index contributed by atoms with van der Waals surface area (Å²) in [4.78, 5) is 15.4. The molecule has 0 bridgehead atoms. The highest BCUT2D eigenvalue weighted by molar-refractivity contribution is 7.99. The monoisotopic (exact) mass is 261 g/mol. The first kappa shape index (κ1) is 11.0. The summed E-state index contributed by atoms with van der Waals surface area (Å²) in [6.45, 7) is 0.779. The van der Waals surface area contributed by atoms with Crippen molar-refractivity contribution in [1.29, 1.82) is 0 Å². The van der Waals surface area contributed by atoms with Crippen LogP contribution in [0.25, 0.3) is 11.2 Å². The predicted molar refractivity (Wildman–Crippen MR) is 69.0 cm³/mol. The number of rotatable bonds is 4. The molecule has 0 saturated heterocycles. The molecule has 3 aromatic heterocycles. The molecular weight excluding hydrogens is 250 g/mol. The minimum atomic E-state index is 0.540. The number of nitrogens with one attached hydrogen (secondary N) is 1. The van der Waals surface area contributed by atoms with E-state index in [1.54, 1.807) is 24.2 Å². The quantitative estimate of drug-likeness (QED) is 0.535. The van der Waals surface area contributed by atoms with Gasteiger partial charge >= 0.3 is 0 Å². The summed E-state index contributed by atoms with van der Waals surface area (Å²) in [5.74, 6) is 1.39. The Labute approximate surface area is 107 Å². The van der Waals surface area contributed by atoms with Crippen LogP contribution in [0.4, 0.5) is 5.82 Å². The van der Waals surface area contributed by atoms with Crippen LogP contribution in [0.15, 0.2) is 29.9 Å². The summed E-state index contributed by atoms with van der Waals surface area (Å²) in [6.07, 6.45) is 5.01. The normalized spacial score (nSPS) is 11.1. The molecule has 3 heterocycles. The van der Waals surface area contributed by atoms with Gasteiger partial charge in [0.2, 0.25) is 0 Å². The van der Waals surface area contributed by atoms with Crippen molar-refractivity contribution in [2.75, 3.05) is 11.5 Å². The van der Waals surface area contributed by atoms with Crippen LogP contribution in [-0.2, 0) is 6.54 Å². The predicted octanol–water partition coefficient (Wildman–Crippen LogP) is 0.924. The van der Waals surface area contributed by atoms with E-state index in [2.05, 4.69) is 25.0 Å². The molecular formula is C10H11N7S. The number of hydrogen-bond acceptors (Lipinski definition) is 6. The molecule has 92 valence electrons. The van der Waals surface area contributed by atoms with Crippen LogP contribution >= 0.6 is 11.8 Å². The maximum atomic E-state index is 5.55. The third kappa shape index (κ3) is 2.14. The molecule has 3 rings (SSSR count). The van der Waals surface area contributed by atoms with Crippen LogP contribution in [0.1, 0.15) is 0 Å². The maximum Gasteiger partial charge on any atom is 0.181 e. The van der Waals surface area contributed by atoms with Gasteiger partial charge in [-0.1, -0.05) is 0 Å². The number of aromatic nitrogens is 6. The fourth-order valence-electron chi connectivity index (χ4n) is 1.59. The van der Waals surface area contributed by atoms with Gasteiger partial charge in [0.15, 0.2) is 5.65 Å². The number of aromatic amines is 1. The summed E-state index contributed by atoms with van der Waals surface area (Å²) in [5, 5.41) is 5.02. The number of aryl methyl sites for hydroxylation is 1. The third-order valence-corrected chi connectivity index (χ3v) is 3.38. The summed E-state index contributed by atoms with van der Waals surface area (Å²) in [7, 11) is 0. The van der Waals surface area contributed by atoms with E-state index in [0.29, 0.717) is 11.5 Å². The second kappa shape index (κ2) is 4.65. The average molecular weight is 261 g/mol. The number of imidazole rings is 1. The fourth-order valence-corrected chi connectivity index (χ4v) is 2.48. The molecule has 3 aromatic rings. The van der Waals surface area contributed by atoms with E-state index in [4.69, 9.17) is 5.73 Å². The number of anilines is 1. The van der Waals surface area contributed by atoms with Gasteiger partial charge in [-0.3, -0.25) is 4.68 Å². The van der Waals surface area contributed by atoms with Crippen molar-refractivity contribution >= 4 is 28.7 Å². The van der Waals surface area contributed by atoms with Crippen molar-refractivity contribution in [3.63, 3.8) is 0 Å². The van der Waals surface area contributed by atoms with Gasteiger partial charge in [-0.05, 0) is 6.07 Å². The molecule has 3 N–H and O–H groups in total. The highest BCUT2D eigenvalue weighted by Crippen LogP contribution is 2.21. The zero-order chi connectivity index (χ0) is 12.4. The van der Waals surface area contributed by atoms with E-state index in [-0.39, 0.29) is 0 Å². The first-order valence-electron chi connectivity index (χ1n) is 5.39. The van der Waals surface area contributed by atoms with Crippen LogP contribution < -0.4 is 5.73 Å². The van der Waals surface area contributed by atoms with Crippen LogP contribution in [0, 0.1) is 0 Å². The molecule has 0 aliphatic heterocycles. The summed E-state index contributed by atoms with van der Waals surface area (Å²) >= 11 is 1.63. The second-order valence-corrected chi connectivity index (χ2v) is 4.72. The van der Waals surface area contributed by atoms with Crippen molar-refractivity contribution < 1.29 is 0 Å². The van der Waals surface area contributed by atoms with Crippen LogP contribution in [-0.4, -0.2) is 35.5 Å². The number of thioether (sulfide) groups is 1. The molecule has 0 aliphatic carbocycles. The molecule has 0 fully saturated rings. The van der Waals surface area contributed by atoms with Crippen molar-refractivity contribution in [3.8, 4) is 0 Å². The van der Waals surface area contributed by atoms with Gasteiger partial charge in [0.25, 0.3) is 0 Å². The number of hydrogen-bond donors (Lipinski definition) is 2. The number of nitrogens with two attached hydrogens (primary N) is 1. The van der Waals surface area contributed by atoms with Gasteiger partial charge in [0.1, 0.15) is 22.7 Å². The smallest absolute Gasteiger partial charge is 0.181 e. The third-order valence-electron chi connectivity index (χ3n) is 2.41. The van der Waals surface area contributed by atoms with Gasteiger partial charge < -0.3 is 10.7 Å². The van der Waals surface area contributed by atoms with E-state index in [0.717, 1.165) is 22.8 Å². The Morgan fingerprint density at radius 1 is 1.33 bits per heavy atom. The molecule has 0 aromatic carbocycles. The molecule has 0 saturated carbocycles. The van der Waals surface area contributed by atoms with E-state index in [9.17, 15) is 0 Å². The molecule has 0 amide bonds. The van der Waals surface area contributed by atoms with Crippen molar-refractivity contribution in [3.05, 3.63) is 24.9 Å². The number of nitrogen functional groups attached to an aromatic ring is 1. The molecule has 8 heteroatoms. The summed E-state index contributed by atoms with van der Waals surface area (Å²) in [6, 6.07) is 1.78. The number of H-pyrrole nitrogens is 1. The van der Waals surface area contributed by atoms with Gasteiger partial charge in [0, 0.05) is 11.9 Å². The van der Waals surface area contributed by atoms with E-state index >= 15 is 0 Å². The summed E-state index contributed by atoms with van der Waals surface area (Å²) in [5.41, 5.74) is 7.12. The molecule has 0 radical (unpaired) electrons. The standard InChI is InChI=1S/C10H11N7S/c11-7-1-2-17(16-7)3-4-18-10-8-9(13-5-12-8)14-6-15-10/h1-2,5-6H,3-4H2,(H2,11,16)(H,12,13,14,15). The molecule has 0 aliphatic rings. The van der Waals surface area contributed by atoms with E-state index in [1.807, 2.05) is 10.9 Å². The lowest BCUT2D eigenvalue weighted by Gasteiger charge is -2.02. The molecule has 0 spiro atoms. The molecule has 0 atom stereocenters. The largest absolute Gasteiger partial charge is 0.382 e. The summed E-state index contributed by atoms with van der Waals surface area (Å²) < 4.78 is 1.81. The van der Waals surface area contributed by atoms with Gasteiger partial charge in [-0.15, -0.1) is 11.8 Å². The Bertz CT molecular complexity index is 659. The molecule has 18 heavy (non-hydrogen) atoms. The van der Waals surface area contributed by atoms with Crippen molar-refractivity contribution in [2.45, 2.75) is 11.6 Å². The lowest BCUT2D eigenvalue weighted by molar-refractivity contribution is 0.669. The lowest BCUT2D eigenvalue weighted by atomic mass is 10.6. The highest BCUT2D eigenvalue weighted by Gasteiger charge is 2.06. The first-order chi connectivity index (χ1) is 8.83. The zero-order valence-corrected chi connectivity index (χ0v) is 10.3. The topological polar surface area (TPSA) is 98.3 Å². The number of fused-ring (bicyclic) bond motifs is 1. The first-order valence-corrected chi connectivity index (χ1v) is 6.37.